The molecule has 2 rings (SSSR count). The number of aliphatic hydroxyl groups excluding tert-OH is 1. The van der Waals surface area contributed by atoms with E-state index in [1.54, 1.807) is 24.3 Å². The monoisotopic (exact) mass is 309 g/mol. The van der Waals surface area contributed by atoms with Crippen LogP contribution < -0.4 is 0 Å². The number of sulfone groups is 1. The molecule has 0 amide bonds. The Balaban J connectivity index is 2.55. The van der Waals surface area contributed by atoms with Crippen molar-refractivity contribution < 1.29 is 13.5 Å². The van der Waals surface area contributed by atoms with Crippen molar-refractivity contribution in [3.63, 3.8) is 0 Å². The maximum absolute atomic E-state index is 11.5. The molecule has 0 fully saturated rings. The summed E-state index contributed by atoms with van der Waals surface area (Å²) >= 11 is 0. The van der Waals surface area contributed by atoms with Crippen molar-refractivity contribution >= 4 is 9.84 Å². The highest BCUT2D eigenvalue weighted by Gasteiger charge is 2.23. The van der Waals surface area contributed by atoms with Gasteiger partial charge in [-0.15, -0.1) is 10.2 Å². The van der Waals surface area contributed by atoms with Gasteiger partial charge in [0, 0.05) is 17.4 Å². The molecule has 7 heteroatoms. The van der Waals surface area contributed by atoms with Crippen LogP contribution in [0, 0.1) is 0 Å². The Morgan fingerprint density at radius 3 is 2.14 bits per heavy atom. The maximum Gasteiger partial charge on any atom is 0.175 e. The quantitative estimate of drug-likeness (QED) is 0.930. The Morgan fingerprint density at radius 1 is 1.14 bits per heavy atom. The van der Waals surface area contributed by atoms with Gasteiger partial charge in [-0.05, 0) is 45.0 Å². The van der Waals surface area contributed by atoms with Crippen molar-refractivity contribution in [3.8, 4) is 11.4 Å². The number of hydrogen-bond acceptors (Lipinski definition) is 5. The van der Waals surface area contributed by atoms with Gasteiger partial charge < -0.3 is 9.67 Å². The second-order valence-corrected chi connectivity index (χ2v) is 7.92. The molecule has 0 unspecified atom stereocenters. The van der Waals surface area contributed by atoms with Gasteiger partial charge in [0.1, 0.15) is 6.61 Å². The lowest BCUT2D eigenvalue weighted by Crippen LogP contribution is -2.25. The van der Waals surface area contributed by atoms with Crippen molar-refractivity contribution in [3.05, 3.63) is 30.1 Å². The van der Waals surface area contributed by atoms with Gasteiger partial charge in [-0.25, -0.2) is 8.42 Å². The molecule has 2 aromatic rings. The lowest BCUT2D eigenvalue weighted by molar-refractivity contribution is 0.250. The van der Waals surface area contributed by atoms with Crippen molar-refractivity contribution in [2.45, 2.75) is 37.8 Å². The van der Waals surface area contributed by atoms with E-state index in [9.17, 15) is 13.5 Å². The van der Waals surface area contributed by atoms with E-state index in [2.05, 4.69) is 10.2 Å². The third kappa shape index (κ3) is 3.14. The summed E-state index contributed by atoms with van der Waals surface area (Å²) in [6.45, 7) is 5.77. The molecule has 0 radical (unpaired) electrons. The van der Waals surface area contributed by atoms with Crippen LogP contribution in [0.15, 0.2) is 29.2 Å². The van der Waals surface area contributed by atoms with Crippen LogP contribution in [0.1, 0.15) is 26.6 Å². The molecule has 0 bridgehead atoms. The molecular formula is C14H19N3O3S. The molecule has 0 spiro atoms. The summed E-state index contributed by atoms with van der Waals surface area (Å²) in [6, 6.07) is 6.49. The molecule has 6 nitrogen and oxygen atoms in total. The first-order valence-corrected chi connectivity index (χ1v) is 8.40. The summed E-state index contributed by atoms with van der Waals surface area (Å²) in [5, 5.41) is 17.5. The van der Waals surface area contributed by atoms with Crippen LogP contribution in [-0.2, 0) is 22.0 Å². The van der Waals surface area contributed by atoms with Crippen LogP contribution in [-0.4, -0.2) is 34.5 Å². The standard InChI is InChI=1S/C14H19N3O3S/c1-14(2,3)17-12(9-18)15-16-13(17)10-5-7-11(8-6-10)21(4,19)20/h5-8,18H,9H2,1-4H3. The minimum absolute atomic E-state index is 0.203. The van der Waals surface area contributed by atoms with Crippen molar-refractivity contribution in [2.75, 3.05) is 6.26 Å². The first-order valence-electron chi connectivity index (χ1n) is 6.50. The van der Waals surface area contributed by atoms with Gasteiger partial charge in [0.2, 0.25) is 0 Å². The topological polar surface area (TPSA) is 85.1 Å². The molecule has 1 aromatic carbocycles. The van der Waals surface area contributed by atoms with Crippen LogP contribution in [0.4, 0.5) is 0 Å². The van der Waals surface area contributed by atoms with E-state index in [1.165, 1.54) is 6.26 Å². The fourth-order valence-electron chi connectivity index (χ4n) is 2.16. The molecule has 1 N–H and O–H groups in total. The van der Waals surface area contributed by atoms with Gasteiger partial charge in [0.15, 0.2) is 21.5 Å². The zero-order valence-corrected chi connectivity index (χ0v) is 13.3. The highest BCUT2D eigenvalue weighted by Crippen LogP contribution is 2.26. The van der Waals surface area contributed by atoms with Gasteiger partial charge >= 0.3 is 0 Å². The third-order valence-electron chi connectivity index (χ3n) is 3.08. The van der Waals surface area contributed by atoms with Crippen molar-refractivity contribution in [2.24, 2.45) is 0 Å². The van der Waals surface area contributed by atoms with Crippen LogP contribution in [0.2, 0.25) is 0 Å². The Morgan fingerprint density at radius 2 is 1.71 bits per heavy atom. The zero-order chi connectivity index (χ0) is 15.8. The summed E-state index contributed by atoms with van der Waals surface area (Å²) in [7, 11) is -3.22. The van der Waals surface area contributed by atoms with Crippen LogP contribution in [0.3, 0.4) is 0 Å². The van der Waals surface area contributed by atoms with Gasteiger partial charge in [0.05, 0.1) is 4.90 Å². The zero-order valence-electron chi connectivity index (χ0n) is 12.5. The fourth-order valence-corrected chi connectivity index (χ4v) is 2.79. The van der Waals surface area contributed by atoms with Crippen molar-refractivity contribution in [1.29, 1.82) is 0 Å². The van der Waals surface area contributed by atoms with E-state index in [0.29, 0.717) is 11.6 Å². The van der Waals surface area contributed by atoms with E-state index in [0.717, 1.165) is 5.56 Å². The van der Waals surface area contributed by atoms with E-state index in [1.807, 2.05) is 25.3 Å². The first-order chi connectivity index (χ1) is 9.64. The van der Waals surface area contributed by atoms with Crippen molar-refractivity contribution in [1.82, 2.24) is 14.8 Å². The Bertz CT molecular complexity index is 741. The van der Waals surface area contributed by atoms with E-state index < -0.39 is 9.84 Å². The summed E-state index contributed by atoms with van der Waals surface area (Å²) in [4.78, 5) is 0.260. The van der Waals surface area contributed by atoms with E-state index in [-0.39, 0.29) is 17.0 Å². The fraction of sp³-hybridized carbons (Fsp3) is 0.429. The first kappa shape index (κ1) is 15.7. The SMILES string of the molecule is CC(C)(C)n1c(CO)nnc1-c1ccc(S(C)(=O)=O)cc1. The molecular weight excluding hydrogens is 290 g/mol. The summed E-state index contributed by atoms with van der Waals surface area (Å²) < 4.78 is 24.8. The Kier molecular flexibility index (Phi) is 3.90. The van der Waals surface area contributed by atoms with Gasteiger partial charge in [-0.3, -0.25) is 0 Å². The molecule has 0 saturated carbocycles. The second-order valence-electron chi connectivity index (χ2n) is 5.90. The van der Waals surface area contributed by atoms with Gasteiger partial charge in [0.25, 0.3) is 0 Å². The summed E-state index contributed by atoms with van der Waals surface area (Å²) in [6.07, 6.45) is 1.17. The molecule has 114 valence electrons. The molecule has 21 heavy (non-hydrogen) atoms. The third-order valence-corrected chi connectivity index (χ3v) is 4.21. The van der Waals surface area contributed by atoms with E-state index in [4.69, 9.17) is 0 Å². The minimum Gasteiger partial charge on any atom is -0.388 e. The minimum atomic E-state index is -3.22. The molecule has 0 aliphatic rings. The molecule has 0 aliphatic heterocycles. The number of aromatic nitrogens is 3. The average Bonchev–Trinajstić information content (AvgIpc) is 2.81. The van der Waals surface area contributed by atoms with Gasteiger partial charge in [-0.1, -0.05) is 0 Å². The largest absolute Gasteiger partial charge is 0.388 e. The van der Waals surface area contributed by atoms with Crippen LogP contribution in [0.5, 0.6) is 0 Å². The molecule has 0 aliphatic carbocycles. The highest BCUT2D eigenvalue weighted by molar-refractivity contribution is 7.90. The molecule has 1 aromatic heterocycles. The number of benzene rings is 1. The van der Waals surface area contributed by atoms with E-state index >= 15 is 0 Å². The predicted molar refractivity (Wildman–Crippen MR) is 79.5 cm³/mol. The Hall–Kier alpha value is -1.73. The summed E-state index contributed by atoms with van der Waals surface area (Å²) in [5.41, 5.74) is 0.455. The lowest BCUT2D eigenvalue weighted by atomic mass is 10.1. The van der Waals surface area contributed by atoms with Crippen LogP contribution >= 0.6 is 0 Å². The number of hydrogen-bond donors (Lipinski definition) is 1. The molecule has 0 saturated heterocycles. The second kappa shape index (κ2) is 5.23. The number of rotatable bonds is 3. The maximum atomic E-state index is 11.5. The Labute approximate surface area is 124 Å². The number of nitrogens with zero attached hydrogens (tertiary/aromatic N) is 3. The smallest absolute Gasteiger partial charge is 0.175 e. The summed E-state index contributed by atoms with van der Waals surface area (Å²) in [5.74, 6) is 1.08. The predicted octanol–water partition coefficient (Wildman–Crippen LogP) is 1.60. The molecule has 0 atom stereocenters. The lowest BCUT2D eigenvalue weighted by Gasteiger charge is -2.24. The highest BCUT2D eigenvalue weighted by atomic mass is 32.2. The molecule has 1 heterocycles. The number of aliphatic hydroxyl groups is 1. The average molecular weight is 309 g/mol. The normalized spacial score (nSPS) is 12.6. The van der Waals surface area contributed by atoms with Gasteiger partial charge in [-0.2, -0.15) is 0 Å². The van der Waals surface area contributed by atoms with Crippen LogP contribution in [0.25, 0.3) is 11.4 Å².